The topological polar surface area (TPSA) is 29.3 Å². The van der Waals surface area contributed by atoms with Crippen LogP contribution in [0.2, 0.25) is 5.02 Å². The fourth-order valence-electron chi connectivity index (χ4n) is 1.48. The van der Waals surface area contributed by atoms with Gasteiger partial charge in [-0.05, 0) is 51.1 Å². The fraction of sp³-hybridized carbons (Fsp3) is 0.538. The number of benzene rings is 1. The van der Waals surface area contributed by atoms with Crippen LogP contribution in [0.1, 0.15) is 19.4 Å². The van der Waals surface area contributed by atoms with Gasteiger partial charge in [-0.2, -0.15) is 0 Å². The van der Waals surface area contributed by atoms with Gasteiger partial charge in [-0.1, -0.05) is 11.6 Å². The van der Waals surface area contributed by atoms with Crippen LogP contribution in [0.3, 0.4) is 0 Å². The lowest BCUT2D eigenvalue weighted by atomic mass is 10.0. The Morgan fingerprint density at radius 3 is 2.65 bits per heavy atom. The molecular formula is C13H20ClFN2. The molecule has 0 radical (unpaired) electrons. The molecule has 2 nitrogen and oxygen atoms in total. The molecule has 2 N–H and O–H groups in total. The number of rotatable bonds is 5. The van der Waals surface area contributed by atoms with Gasteiger partial charge in [0.15, 0.2) is 0 Å². The summed E-state index contributed by atoms with van der Waals surface area (Å²) in [7, 11) is 2.00. The Hall–Kier alpha value is -0.640. The van der Waals surface area contributed by atoms with E-state index in [1.807, 2.05) is 7.05 Å². The highest BCUT2D eigenvalue weighted by Crippen LogP contribution is 2.17. The number of nitrogens with two attached hydrogens (primary N) is 1. The zero-order valence-electron chi connectivity index (χ0n) is 10.6. The van der Waals surface area contributed by atoms with Gasteiger partial charge in [0.25, 0.3) is 0 Å². The van der Waals surface area contributed by atoms with Crippen LogP contribution in [0, 0.1) is 5.82 Å². The highest BCUT2D eigenvalue weighted by atomic mass is 35.5. The first-order chi connectivity index (χ1) is 7.86. The van der Waals surface area contributed by atoms with Crippen LogP contribution in [-0.4, -0.2) is 30.6 Å². The standard InChI is InChI=1S/C13H20ClFN2/c1-13(2,9-16)17(3)7-6-10-8-11(14)4-5-12(10)15/h4-5,8H,6-7,9,16H2,1-3H3. The molecule has 0 saturated heterocycles. The van der Waals surface area contributed by atoms with Crippen molar-refractivity contribution in [3.8, 4) is 0 Å². The van der Waals surface area contributed by atoms with Gasteiger partial charge in [0.1, 0.15) is 5.82 Å². The van der Waals surface area contributed by atoms with Crippen LogP contribution < -0.4 is 5.73 Å². The van der Waals surface area contributed by atoms with Gasteiger partial charge in [0.05, 0.1) is 0 Å². The van der Waals surface area contributed by atoms with E-state index >= 15 is 0 Å². The van der Waals surface area contributed by atoms with E-state index in [9.17, 15) is 4.39 Å². The first-order valence-corrected chi connectivity index (χ1v) is 6.10. The van der Waals surface area contributed by atoms with Crippen molar-refractivity contribution in [3.63, 3.8) is 0 Å². The van der Waals surface area contributed by atoms with E-state index in [-0.39, 0.29) is 11.4 Å². The van der Waals surface area contributed by atoms with Gasteiger partial charge in [-0.25, -0.2) is 4.39 Å². The van der Waals surface area contributed by atoms with Crippen LogP contribution in [0.25, 0.3) is 0 Å². The molecule has 0 saturated carbocycles. The number of likely N-dealkylation sites (N-methyl/N-ethyl adjacent to an activating group) is 1. The van der Waals surface area contributed by atoms with Gasteiger partial charge >= 0.3 is 0 Å². The summed E-state index contributed by atoms with van der Waals surface area (Å²) in [4.78, 5) is 2.13. The first kappa shape index (κ1) is 14.4. The van der Waals surface area contributed by atoms with Crippen LogP contribution in [0.4, 0.5) is 4.39 Å². The zero-order chi connectivity index (χ0) is 13.1. The summed E-state index contributed by atoms with van der Waals surface area (Å²) in [6.45, 7) is 5.46. The van der Waals surface area contributed by atoms with Crippen molar-refractivity contribution in [3.05, 3.63) is 34.6 Å². The maximum atomic E-state index is 13.5. The van der Waals surface area contributed by atoms with E-state index in [2.05, 4.69) is 18.7 Å². The molecular weight excluding hydrogens is 239 g/mol. The third kappa shape index (κ3) is 3.95. The van der Waals surface area contributed by atoms with Crippen LogP contribution in [-0.2, 0) is 6.42 Å². The van der Waals surface area contributed by atoms with E-state index in [4.69, 9.17) is 17.3 Å². The maximum Gasteiger partial charge on any atom is 0.126 e. The molecule has 0 unspecified atom stereocenters. The molecule has 0 aliphatic carbocycles. The first-order valence-electron chi connectivity index (χ1n) is 5.72. The minimum Gasteiger partial charge on any atom is -0.329 e. The highest BCUT2D eigenvalue weighted by molar-refractivity contribution is 6.30. The predicted molar refractivity (Wildman–Crippen MR) is 70.9 cm³/mol. The van der Waals surface area contributed by atoms with Crippen molar-refractivity contribution < 1.29 is 4.39 Å². The van der Waals surface area contributed by atoms with E-state index < -0.39 is 0 Å². The van der Waals surface area contributed by atoms with Gasteiger partial charge in [0, 0.05) is 23.7 Å². The molecule has 96 valence electrons. The maximum absolute atomic E-state index is 13.5. The number of nitrogens with zero attached hydrogens (tertiary/aromatic N) is 1. The Balaban J connectivity index is 2.64. The molecule has 0 bridgehead atoms. The molecule has 0 fully saturated rings. The average Bonchev–Trinajstić information content (AvgIpc) is 2.29. The molecule has 0 spiro atoms. The minimum atomic E-state index is -0.201. The second-order valence-electron chi connectivity index (χ2n) is 4.92. The van der Waals surface area contributed by atoms with Crippen molar-refractivity contribution in [2.45, 2.75) is 25.8 Å². The second kappa shape index (κ2) is 5.80. The van der Waals surface area contributed by atoms with Gasteiger partial charge < -0.3 is 5.73 Å². The average molecular weight is 259 g/mol. The fourth-order valence-corrected chi connectivity index (χ4v) is 1.68. The molecule has 17 heavy (non-hydrogen) atoms. The Morgan fingerprint density at radius 2 is 2.06 bits per heavy atom. The largest absolute Gasteiger partial charge is 0.329 e. The number of halogens is 2. The molecule has 0 aliphatic heterocycles. The molecule has 0 heterocycles. The Bertz CT molecular complexity index is 380. The highest BCUT2D eigenvalue weighted by Gasteiger charge is 2.21. The smallest absolute Gasteiger partial charge is 0.126 e. The second-order valence-corrected chi connectivity index (χ2v) is 5.36. The van der Waals surface area contributed by atoms with Crippen LogP contribution in [0.15, 0.2) is 18.2 Å². The van der Waals surface area contributed by atoms with Crippen LogP contribution in [0.5, 0.6) is 0 Å². The molecule has 1 aromatic rings. The minimum absolute atomic E-state index is 0.0744. The predicted octanol–water partition coefficient (Wildman–Crippen LogP) is 2.69. The van der Waals surface area contributed by atoms with E-state index in [0.29, 0.717) is 23.6 Å². The van der Waals surface area contributed by atoms with Crippen LogP contribution >= 0.6 is 11.6 Å². The Kier molecular flexibility index (Phi) is 4.92. The normalized spacial score (nSPS) is 12.2. The van der Waals surface area contributed by atoms with Gasteiger partial charge in [-0.3, -0.25) is 4.90 Å². The van der Waals surface area contributed by atoms with Crippen molar-refractivity contribution in [2.75, 3.05) is 20.1 Å². The van der Waals surface area contributed by atoms with E-state index in [1.165, 1.54) is 6.07 Å². The van der Waals surface area contributed by atoms with Gasteiger partial charge in [0.2, 0.25) is 0 Å². The van der Waals surface area contributed by atoms with E-state index in [0.717, 1.165) is 6.54 Å². The van der Waals surface area contributed by atoms with Crippen molar-refractivity contribution in [2.24, 2.45) is 5.73 Å². The molecule has 4 heteroatoms. The molecule has 0 aliphatic rings. The Labute approximate surface area is 108 Å². The lowest BCUT2D eigenvalue weighted by molar-refractivity contribution is 0.165. The summed E-state index contributed by atoms with van der Waals surface area (Å²) >= 11 is 5.85. The third-order valence-corrected chi connectivity index (χ3v) is 3.49. The van der Waals surface area contributed by atoms with Crippen molar-refractivity contribution in [1.82, 2.24) is 4.90 Å². The summed E-state index contributed by atoms with van der Waals surface area (Å²) in [6.07, 6.45) is 0.631. The summed E-state index contributed by atoms with van der Waals surface area (Å²) < 4.78 is 13.5. The summed E-state index contributed by atoms with van der Waals surface area (Å²) in [5.74, 6) is -0.201. The quantitative estimate of drug-likeness (QED) is 0.880. The molecule has 0 amide bonds. The van der Waals surface area contributed by atoms with Crippen molar-refractivity contribution >= 4 is 11.6 Å². The Morgan fingerprint density at radius 1 is 1.41 bits per heavy atom. The number of hydrogen-bond acceptors (Lipinski definition) is 2. The van der Waals surface area contributed by atoms with E-state index in [1.54, 1.807) is 12.1 Å². The molecule has 0 atom stereocenters. The monoisotopic (exact) mass is 258 g/mol. The number of hydrogen-bond donors (Lipinski definition) is 1. The molecule has 1 aromatic carbocycles. The summed E-state index contributed by atoms with van der Waals surface area (Å²) in [5.41, 5.74) is 6.27. The SMILES string of the molecule is CN(CCc1cc(Cl)ccc1F)C(C)(C)CN. The summed E-state index contributed by atoms with van der Waals surface area (Å²) in [6, 6.07) is 4.65. The van der Waals surface area contributed by atoms with Crippen molar-refractivity contribution in [1.29, 1.82) is 0 Å². The lowest BCUT2D eigenvalue weighted by Gasteiger charge is -2.34. The molecule has 1 rings (SSSR count). The lowest BCUT2D eigenvalue weighted by Crippen LogP contribution is -2.47. The van der Waals surface area contributed by atoms with Gasteiger partial charge in [-0.15, -0.1) is 0 Å². The zero-order valence-corrected chi connectivity index (χ0v) is 11.4. The summed E-state index contributed by atoms with van der Waals surface area (Å²) in [5, 5.41) is 0.571. The molecule has 0 aromatic heterocycles. The third-order valence-electron chi connectivity index (χ3n) is 3.26.